The van der Waals surface area contributed by atoms with E-state index < -0.39 is 0 Å². The van der Waals surface area contributed by atoms with E-state index in [1.807, 2.05) is 29.6 Å². The van der Waals surface area contributed by atoms with Crippen molar-refractivity contribution in [3.05, 3.63) is 52.4 Å². The van der Waals surface area contributed by atoms with Crippen LogP contribution in [0.3, 0.4) is 0 Å². The van der Waals surface area contributed by atoms with Gasteiger partial charge in [-0.3, -0.25) is 4.79 Å². The Morgan fingerprint density at radius 3 is 2.92 bits per heavy atom. The van der Waals surface area contributed by atoms with Crippen LogP contribution in [-0.2, 0) is 12.8 Å². The second-order valence-electron chi connectivity index (χ2n) is 5.85. The van der Waals surface area contributed by atoms with Crippen LogP contribution < -0.4 is 11.1 Å². The van der Waals surface area contributed by atoms with E-state index >= 15 is 0 Å². The maximum Gasteiger partial charge on any atom is 0.263 e. The molecule has 0 spiro atoms. The largest absolute Gasteiger partial charge is 0.367 e. The Balaban J connectivity index is 1.68. The van der Waals surface area contributed by atoms with Crippen molar-refractivity contribution >= 4 is 28.8 Å². The van der Waals surface area contributed by atoms with Crippen LogP contribution in [0.2, 0.25) is 0 Å². The molecule has 3 N–H and O–H groups in total. The van der Waals surface area contributed by atoms with Crippen LogP contribution in [0.25, 0.3) is 10.6 Å². The van der Waals surface area contributed by atoms with Crippen LogP contribution in [0.15, 0.2) is 40.2 Å². The summed E-state index contributed by atoms with van der Waals surface area (Å²) in [6.45, 7) is 0. The minimum absolute atomic E-state index is 0.0423. The highest BCUT2D eigenvalue weighted by atomic mass is 32.1. The highest BCUT2D eigenvalue weighted by molar-refractivity contribution is 7.13. The third-order valence-electron chi connectivity index (χ3n) is 4.34. The molecular formula is C18H17N3O2S. The van der Waals surface area contributed by atoms with E-state index in [1.54, 1.807) is 0 Å². The number of carbonyl (C=O) groups is 1. The van der Waals surface area contributed by atoms with E-state index in [1.165, 1.54) is 28.9 Å². The Bertz CT molecular complexity index is 884. The SMILES string of the molecule is Nc1onc(-c2cccs2)c1C(=O)Nc1cccc2c1CCCC2. The van der Waals surface area contributed by atoms with Gasteiger partial charge >= 0.3 is 0 Å². The molecule has 0 fully saturated rings. The van der Waals surface area contributed by atoms with Gasteiger partial charge in [0.2, 0.25) is 5.88 Å². The molecule has 6 heteroatoms. The molecule has 2 aromatic heterocycles. The molecule has 0 bridgehead atoms. The van der Waals surface area contributed by atoms with Crippen molar-refractivity contribution in [1.82, 2.24) is 5.16 Å². The topological polar surface area (TPSA) is 81.2 Å². The summed E-state index contributed by atoms with van der Waals surface area (Å²) in [5.41, 5.74) is 10.0. The molecule has 0 atom stereocenters. The highest BCUT2D eigenvalue weighted by Gasteiger charge is 2.24. The number of carbonyl (C=O) groups excluding carboxylic acids is 1. The minimum Gasteiger partial charge on any atom is -0.367 e. The second kappa shape index (κ2) is 6.13. The number of fused-ring (bicyclic) bond motifs is 1. The first kappa shape index (κ1) is 15.0. The Morgan fingerprint density at radius 1 is 1.21 bits per heavy atom. The van der Waals surface area contributed by atoms with E-state index in [-0.39, 0.29) is 11.8 Å². The third-order valence-corrected chi connectivity index (χ3v) is 5.22. The maximum absolute atomic E-state index is 12.8. The van der Waals surface area contributed by atoms with Gasteiger partial charge in [-0.2, -0.15) is 0 Å². The van der Waals surface area contributed by atoms with Crippen LogP contribution >= 0.6 is 11.3 Å². The van der Waals surface area contributed by atoms with Crippen molar-refractivity contribution in [1.29, 1.82) is 0 Å². The average Bonchev–Trinajstić information content (AvgIpc) is 3.24. The predicted octanol–water partition coefficient (Wildman–Crippen LogP) is 4.12. The number of hydrogen-bond acceptors (Lipinski definition) is 5. The lowest BCUT2D eigenvalue weighted by molar-refractivity contribution is 0.102. The number of nitrogen functional groups attached to an aromatic ring is 1. The standard InChI is InChI=1S/C18H17N3O2S/c19-17-15(16(21-23-17)14-9-4-10-24-14)18(22)20-13-8-3-6-11-5-1-2-7-12(11)13/h3-4,6,8-10H,1-2,5,7,19H2,(H,20,22). The quantitative estimate of drug-likeness (QED) is 0.752. The van der Waals surface area contributed by atoms with Crippen LogP contribution in [0.5, 0.6) is 0 Å². The smallest absolute Gasteiger partial charge is 0.263 e. The molecule has 2 heterocycles. The lowest BCUT2D eigenvalue weighted by atomic mass is 9.90. The summed E-state index contributed by atoms with van der Waals surface area (Å²) in [7, 11) is 0. The number of amides is 1. The van der Waals surface area contributed by atoms with Gasteiger partial charge in [-0.1, -0.05) is 23.4 Å². The van der Waals surface area contributed by atoms with E-state index in [4.69, 9.17) is 10.3 Å². The van der Waals surface area contributed by atoms with Crippen molar-refractivity contribution in [2.75, 3.05) is 11.1 Å². The molecule has 0 radical (unpaired) electrons. The lowest BCUT2D eigenvalue weighted by Crippen LogP contribution is -2.16. The number of anilines is 2. The summed E-state index contributed by atoms with van der Waals surface area (Å²) in [6, 6.07) is 9.85. The fourth-order valence-electron chi connectivity index (χ4n) is 3.19. The number of rotatable bonds is 3. The molecule has 0 aliphatic heterocycles. The van der Waals surface area contributed by atoms with Gasteiger partial charge in [0, 0.05) is 5.69 Å². The van der Waals surface area contributed by atoms with Gasteiger partial charge in [0.05, 0.1) is 4.88 Å². The zero-order chi connectivity index (χ0) is 16.5. The van der Waals surface area contributed by atoms with Crippen molar-refractivity contribution in [2.24, 2.45) is 0 Å². The molecule has 5 nitrogen and oxygen atoms in total. The summed E-state index contributed by atoms with van der Waals surface area (Å²) >= 11 is 1.49. The molecule has 24 heavy (non-hydrogen) atoms. The van der Waals surface area contributed by atoms with Crippen molar-refractivity contribution in [3.63, 3.8) is 0 Å². The summed E-state index contributed by atoms with van der Waals surface area (Å²) in [5, 5.41) is 8.89. The van der Waals surface area contributed by atoms with E-state index in [9.17, 15) is 4.79 Å². The van der Waals surface area contributed by atoms with Gasteiger partial charge in [-0.25, -0.2) is 0 Å². The number of aromatic nitrogens is 1. The first-order chi connectivity index (χ1) is 11.7. The minimum atomic E-state index is -0.281. The van der Waals surface area contributed by atoms with Crippen molar-refractivity contribution in [3.8, 4) is 10.6 Å². The molecule has 1 aliphatic carbocycles. The zero-order valence-electron chi connectivity index (χ0n) is 13.0. The Labute approximate surface area is 143 Å². The summed E-state index contributed by atoms with van der Waals surface area (Å²) in [6.07, 6.45) is 4.40. The molecule has 1 aromatic carbocycles. The number of nitrogens with zero attached hydrogens (tertiary/aromatic N) is 1. The number of thiophene rings is 1. The summed E-state index contributed by atoms with van der Waals surface area (Å²) < 4.78 is 5.06. The van der Waals surface area contributed by atoms with E-state index in [0.717, 1.165) is 29.8 Å². The molecule has 122 valence electrons. The van der Waals surface area contributed by atoms with Gasteiger partial charge in [0.15, 0.2) is 0 Å². The van der Waals surface area contributed by atoms with Crippen molar-refractivity contribution < 1.29 is 9.32 Å². The first-order valence-corrected chi connectivity index (χ1v) is 8.83. The highest BCUT2D eigenvalue weighted by Crippen LogP contribution is 2.32. The van der Waals surface area contributed by atoms with Crippen molar-refractivity contribution in [2.45, 2.75) is 25.7 Å². The molecule has 3 aromatic rings. The van der Waals surface area contributed by atoms with Crippen LogP contribution in [0.4, 0.5) is 11.6 Å². The number of hydrogen-bond donors (Lipinski definition) is 2. The molecule has 1 aliphatic rings. The molecule has 1 amide bonds. The summed E-state index contributed by atoms with van der Waals surface area (Å²) in [4.78, 5) is 13.7. The van der Waals surface area contributed by atoms with Crippen LogP contribution in [0, 0.1) is 0 Å². The zero-order valence-corrected chi connectivity index (χ0v) is 13.9. The maximum atomic E-state index is 12.8. The molecule has 0 saturated heterocycles. The first-order valence-electron chi connectivity index (χ1n) is 7.95. The van der Waals surface area contributed by atoms with E-state index in [2.05, 4.69) is 16.5 Å². The predicted molar refractivity (Wildman–Crippen MR) is 95.3 cm³/mol. The number of benzene rings is 1. The van der Waals surface area contributed by atoms with Gasteiger partial charge in [0.1, 0.15) is 11.3 Å². The van der Waals surface area contributed by atoms with Gasteiger partial charge < -0.3 is 15.6 Å². The number of nitrogens with two attached hydrogens (primary N) is 1. The Hall–Kier alpha value is -2.60. The number of aryl methyl sites for hydroxylation is 1. The average molecular weight is 339 g/mol. The fourth-order valence-corrected chi connectivity index (χ4v) is 3.90. The molecule has 0 saturated carbocycles. The monoisotopic (exact) mass is 339 g/mol. The van der Waals surface area contributed by atoms with Gasteiger partial charge in [-0.15, -0.1) is 11.3 Å². The molecular weight excluding hydrogens is 322 g/mol. The van der Waals surface area contributed by atoms with Crippen LogP contribution in [0.1, 0.15) is 34.3 Å². The molecule has 0 unspecified atom stereocenters. The Kier molecular flexibility index (Phi) is 3.82. The van der Waals surface area contributed by atoms with Crippen LogP contribution in [-0.4, -0.2) is 11.1 Å². The Morgan fingerprint density at radius 2 is 2.08 bits per heavy atom. The molecule has 4 rings (SSSR count). The summed E-state index contributed by atoms with van der Waals surface area (Å²) in [5.74, 6) is -0.239. The number of nitrogens with one attached hydrogen (secondary N) is 1. The second-order valence-corrected chi connectivity index (χ2v) is 6.80. The van der Waals surface area contributed by atoms with Gasteiger partial charge in [-0.05, 0) is 54.3 Å². The lowest BCUT2D eigenvalue weighted by Gasteiger charge is -2.19. The van der Waals surface area contributed by atoms with E-state index in [0.29, 0.717) is 11.3 Å². The third kappa shape index (κ3) is 2.59. The van der Waals surface area contributed by atoms with Gasteiger partial charge in [0.25, 0.3) is 5.91 Å². The fraction of sp³-hybridized carbons (Fsp3) is 0.222. The normalized spacial score (nSPS) is 13.5.